The minimum Gasteiger partial charge on any atom is -0.292 e. The molecule has 1 aromatic carbocycles. The van der Waals surface area contributed by atoms with Crippen LogP contribution in [0.5, 0.6) is 0 Å². The van der Waals surface area contributed by atoms with E-state index in [9.17, 15) is 4.79 Å². The fraction of sp³-hybridized carbons (Fsp3) is 0.286. The van der Waals surface area contributed by atoms with Crippen molar-refractivity contribution in [1.82, 2.24) is 9.78 Å². The maximum absolute atomic E-state index is 12.3. The Balaban J connectivity index is 2.22. The third-order valence-electron chi connectivity index (χ3n) is 2.75. The minimum atomic E-state index is -0.00551. The number of Topliss-reactive ketones (excluding diaryl/α,β-unsaturated/α-hetero) is 1. The molecule has 2 rings (SSSR count). The van der Waals surface area contributed by atoms with E-state index in [1.807, 2.05) is 31.2 Å². The quantitative estimate of drug-likeness (QED) is 0.766. The van der Waals surface area contributed by atoms with Crippen molar-refractivity contribution in [2.75, 3.05) is 0 Å². The average molecular weight is 342 g/mol. The number of benzene rings is 1. The van der Waals surface area contributed by atoms with Gasteiger partial charge in [0, 0.05) is 17.4 Å². The smallest absolute Gasteiger partial charge is 0.186 e. The summed E-state index contributed by atoms with van der Waals surface area (Å²) >= 11 is 9.46. The molecule has 0 unspecified atom stereocenters. The van der Waals surface area contributed by atoms with Crippen molar-refractivity contribution in [3.8, 4) is 0 Å². The van der Waals surface area contributed by atoms with Gasteiger partial charge in [-0.2, -0.15) is 5.10 Å². The molecule has 1 aromatic heterocycles. The molecule has 0 aliphatic rings. The molecule has 0 N–H and O–H groups in total. The summed E-state index contributed by atoms with van der Waals surface area (Å²) in [5, 5.41) is 4.56. The van der Waals surface area contributed by atoms with Crippen molar-refractivity contribution in [3.63, 3.8) is 0 Å². The van der Waals surface area contributed by atoms with E-state index in [2.05, 4.69) is 21.0 Å². The Hall–Kier alpha value is -1.13. The lowest BCUT2D eigenvalue weighted by Gasteiger charge is -2.06. The van der Waals surface area contributed by atoms with Gasteiger partial charge in [0.2, 0.25) is 0 Å². The molecule has 100 valence electrons. The second-order valence-electron chi connectivity index (χ2n) is 4.29. The fourth-order valence-corrected chi connectivity index (χ4v) is 2.63. The van der Waals surface area contributed by atoms with E-state index < -0.39 is 0 Å². The van der Waals surface area contributed by atoms with Crippen LogP contribution < -0.4 is 0 Å². The first-order chi connectivity index (χ1) is 9.11. The summed E-state index contributed by atoms with van der Waals surface area (Å²) in [6.45, 7) is 2.74. The highest BCUT2D eigenvalue weighted by Gasteiger charge is 2.17. The van der Waals surface area contributed by atoms with Crippen molar-refractivity contribution in [2.24, 2.45) is 0 Å². The van der Waals surface area contributed by atoms with E-state index >= 15 is 0 Å². The molecule has 2 aromatic rings. The van der Waals surface area contributed by atoms with Crippen LogP contribution in [-0.4, -0.2) is 15.6 Å². The van der Waals surface area contributed by atoms with Crippen LogP contribution in [-0.2, 0) is 13.0 Å². The number of aromatic nitrogens is 2. The summed E-state index contributed by atoms with van der Waals surface area (Å²) < 4.78 is 2.65. The Morgan fingerprint density at radius 2 is 2.26 bits per heavy atom. The van der Waals surface area contributed by atoms with Crippen LogP contribution in [0.3, 0.4) is 0 Å². The van der Waals surface area contributed by atoms with Crippen molar-refractivity contribution in [2.45, 2.75) is 26.3 Å². The normalized spacial score (nSPS) is 10.7. The highest BCUT2D eigenvalue weighted by atomic mass is 79.9. The summed E-state index contributed by atoms with van der Waals surface area (Å²) in [5.74, 6) is -0.00551. The molecule has 0 saturated carbocycles. The van der Waals surface area contributed by atoms with Gasteiger partial charge in [0.05, 0.1) is 11.2 Å². The van der Waals surface area contributed by atoms with Gasteiger partial charge in [-0.1, -0.05) is 46.6 Å². The number of hydrogen-bond acceptors (Lipinski definition) is 2. The number of ketones is 1. The molecule has 0 radical (unpaired) electrons. The van der Waals surface area contributed by atoms with Gasteiger partial charge in [-0.25, -0.2) is 0 Å². The predicted octanol–water partition coefficient (Wildman–Crippen LogP) is 4.13. The zero-order chi connectivity index (χ0) is 13.8. The summed E-state index contributed by atoms with van der Waals surface area (Å²) in [4.78, 5) is 12.3. The third-order valence-corrected chi connectivity index (χ3v) is 3.52. The van der Waals surface area contributed by atoms with E-state index in [1.165, 1.54) is 6.20 Å². The number of nitrogens with zero attached hydrogens (tertiary/aromatic N) is 2. The van der Waals surface area contributed by atoms with Crippen molar-refractivity contribution in [3.05, 3.63) is 51.2 Å². The highest BCUT2D eigenvalue weighted by molar-refractivity contribution is 9.10. The molecule has 0 atom stereocenters. The first kappa shape index (κ1) is 14.3. The second kappa shape index (κ2) is 6.35. The monoisotopic (exact) mass is 340 g/mol. The van der Waals surface area contributed by atoms with Crippen LogP contribution in [0.1, 0.15) is 29.4 Å². The third kappa shape index (κ3) is 3.45. The van der Waals surface area contributed by atoms with Gasteiger partial charge in [0.1, 0.15) is 5.69 Å². The zero-order valence-electron chi connectivity index (χ0n) is 10.6. The number of carbonyl (C=O) groups is 1. The van der Waals surface area contributed by atoms with Gasteiger partial charge in [0.25, 0.3) is 0 Å². The van der Waals surface area contributed by atoms with Gasteiger partial charge in [-0.05, 0) is 24.1 Å². The molecule has 0 amide bonds. The van der Waals surface area contributed by atoms with Crippen molar-refractivity contribution in [1.29, 1.82) is 0 Å². The Bertz CT molecular complexity index is 595. The van der Waals surface area contributed by atoms with Crippen LogP contribution in [0.15, 0.2) is 34.9 Å². The van der Waals surface area contributed by atoms with Crippen LogP contribution in [0.25, 0.3) is 0 Å². The van der Waals surface area contributed by atoms with Crippen LogP contribution in [0.2, 0.25) is 5.02 Å². The molecule has 3 nitrogen and oxygen atoms in total. The minimum absolute atomic E-state index is 0.00551. The second-order valence-corrected chi connectivity index (χ2v) is 5.62. The standard InChI is InChI=1S/C14H14BrClN2O/c1-2-6-18-14(12(16)9-17-18)13(19)8-10-4-3-5-11(15)7-10/h3-5,7,9H,2,6,8H2,1H3. The highest BCUT2D eigenvalue weighted by Crippen LogP contribution is 2.19. The molecule has 0 aliphatic heterocycles. The predicted molar refractivity (Wildman–Crippen MR) is 79.7 cm³/mol. The zero-order valence-corrected chi connectivity index (χ0v) is 12.9. The molecule has 1 heterocycles. The molecule has 0 aliphatic carbocycles. The lowest BCUT2D eigenvalue weighted by molar-refractivity contribution is 0.0982. The Kier molecular flexibility index (Phi) is 4.77. The van der Waals surface area contributed by atoms with E-state index in [1.54, 1.807) is 4.68 Å². The SMILES string of the molecule is CCCn1ncc(Cl)c1C(=O)Cc1cccc(Br)c1. The molecule has 0 saturated heterocycles. The van der Waals surface area contributed by atoms with Gasteiger partial charge in [0.15, 0.2) is 5.78 Å². The topological polar surface area (TPSA) is 34.9 Å². The summed E-state index contributed by atoms with van der Waals surface area (Å²) in [6.07, 6.45) is 2.77. The first-order valence-corrected chi connectivity index (χ1v) is 7.28. The Morgan fingerprint density at radius 1 is 1.47 bits per heavy atom. The number of aryl methyl sites for hydroxylation is 1. The van der Waals surface area contributed by atoms with Crippen LogP contribution >= 0.6 is 27.5 Å². The fourth-order valence-electron chi connectivity index (χ4n) is 1.94. The number of halogens is 2. The van der Waals surface area contributed by atoms with Gasteiger partial charge in [-0.3, -0.25) is 9.48 Å². The van der Waals surface area contributed by atoms with Gasteiger partial charge in [-0.15, -0.1) is 0 Å². The molecule has 5 heteroatoms. The van der Waals surface area contributed by atoms with Crippen molar-refractivity contribution >= 4 is 33.3 Å². The number of hydrogen-bond donors (Lipinski definition) is 0. The molecule has 0 fully saturated rings. The molecule has 0 spiro atoms. The molecule has 0 bridgehead atoms. The number of carbonyl (C=O) groups excluding carboxylic acids is 1. The molecular weight excluding hydrogens is 328 g/mol. The van der Waals surface area contributed by atoms with Gasteiger partial charge >= 0.3 is 0 Å². The maximum Gasteiger partial charge on any atom is 0.186 e. The van der Waals surface area contributed by atoms with Crippen molar-refractivity contribution < 1.29 is 4.79 Å². The summed E-state index contributed by atoms with van der Waals surface area (Å²) in [6, 6.07) is 7.71. The van der Waals surface area contributed by atoms with Gasteiger partial charge < -0.3 is 0 Å². The number of rotatable bonds is 5. The van der Waals surface area contributed by atoms with Crippen LogP contribution in [0, 0.1) is 0 Å². The Morgan fingerprint density at radius 3 is 2.95 bits per heavy atom. The van der Waals surface area contributed by atoms with E-state index in [4.69, 9.17) is 11.6 Å². The summed E-state index contributed by atoms with van der Waals surface area (Å²) in [5.41, 5.74) is 1.46. The van der Waals surface area contributed by atoms with E-state index in [-0.39, 0.29) is 5.78 Å². The molecular formula is C14H14BrClN2O. The molecule has 19 heavy (non-hydrogen) atoms. The largest absolute Gasteiger partial charge is 0.292 e. The van der Waals surface area contributed by atoms with E-state index in [0.29, 0.717) is 23.7 Å². The Labute approximate surface area is 125 Å². The lowest BCUT2D eigenvalue weighted by Crippen LogP contribution is -2.13. The maximum atomic E-state index is 12.3. The summed E-state index contributed by atoms with van der Waals surface area (Å²) in [7, 11) is 0. The van der Waals surface area contributed by atoms with E-state index in [0.717, 1.165) is 16.5 Å². The lowest BCUT2D eigenvalue weighted by atomic mass is 10.1. The first-order valence-electron chi connectivity index (χ1n) is 6.10. The van der Waals surface area contributed by atoms with Crippen LogP contribution in [0.4, 0.5) is 0 Å². The average Bonchev–Trinajstić information content (AvgIpc) is 2.71.